The quantitative estimate of drug-likeness (QED) is 0.828. The fraction of sp³-hybridized carbons (Fsp3) is 0.625. The van der Waals surface area contributed by atoms with E-state index in [1.165, 1.54) is 43.2 Å². The lowest BCUT2D eigenvalue weighted by atomic mass is 9.75. The zero-order valence-corrected chi connectivity index (χ0v) is 11.2. The van der Waals surface area contributed by atoms with E-state index in [9.17, 15) is 0 Å². The fourth-order valence-electron chi connectivity index (χ4n) is 3.18. The minimum absolute atomic E-state index is 0.240. The topological polar surface area (TPSA) is 26.0 Å². The van der Waals surface area contributed by atoms with E-state index >= 15 is 0 Å². The summed E-state index contributed by atoms with van der Waals surface area (Å²) in [6.45, 7) is 4.46. The Bertz CT molecular complexity index is 358. The molecule has 2 rings (SSSR count). The number of benzene rings is 1. The first-order valence-electron chi connectivity index (χ1n) is 7.03. The molecule has 3 atom stereocenters. The van der Waals surface area contributed by atoms with Crippen LogP contribution < -0.4 is 5.73 Å². The van der Waals surface area contributed by atoms with Crippen molar-refractivity contribution < 1.29 is 0 Å². The molecule has 0 amide bonds. The van der Waals surface area contributed by atoms with Crippen LogP contribution >= 0.6 is 0 Å². The van der Waals surface area contributed by atoms with Gasteiger partial charge in [-0.15, -0.1) is 0 Å². The standard InChI is InChI=1S/C16H25N/c1-3-13-7-5-9-15(11-13)16(17)14-8-4-6-12(2)10-14/h4,6,8,10,13,15-16H,3,5,7,9,11,17H2,1-2H3. The molecule has 1 nitrogen and oxygen atoms in total. The molecule has 1 fully saturated rings. The van der Waals surface area contributed by atoms with Crippen molar-refractivity contribution in [2.24, 2.45) is 17.6 Å². The molecular weight excluding hydrogens is 206 g/mol. The molecule has 1 heteroatoms. The molecule has 1 saturated carbocycles. The average molecular weight is 231 g/mol. The SMILES string of the molecule is CCC1CCCC(C(N)c2cccc(C)c2)C1. The maximum Gasteiger partial charge on any atom is 0.0323 e. The predicted octanol–water partition coefficient (Wildman–Crippen LogP) is 4.21. The zero-order valence-electron chi connectivity index (χ0n) is 11.2. The molecule has 0 aromatic heterocycles. The van der Waals surface area contributed by atoms with E-state index in [1.54, 1.807) is 0 Å². The normalized spacial score (nSPS) is 26.8. The molecular formula is C16H25N. The van der Waals surface area contributed by atoms with Gasteiger partial charge < -0.3 is 5.73 Å². The van der Waals surface area contributed by atoms with Crippen LogP contribution in [0.25, 0.3) is 0 Å². The van der Waals surface area contributed by atoms with E-state index in [1.807, 2.05) is 0 Å². The number of hydrogen-bond acceptors (Lipinski definition) is 1. The van der Waals surface area contributed by atoms with Gasteiger partial charge in [-0.25, -0.2) is 0 Å². The molecule has 3 unspecified atom stereocenters. The Morgan fingerprint density at radius 3 is 2.88 bits per heavy atom. The summed E-state index contributed by atoms with van der Waals surface area (Å²) in [7, 11) is 0. The Labute approximate surface area is 105 Å². The molecule has 0 spiro atoms. The van der Waals surface area contributed by atoms with E-state index < -0.39 is 0 Å². The van der Waals surface area contributed by atoms with Gasteiger partial charge in [0.2, 0.25) is 0 Å². The summed E-state index contributed by atoms with van der Waals surface area (Å²) in [5, 5.41) is 0. The predicted molar refractivity (Wildman–Crippen MR) is 73.8 cm³/mol. The van der Waals surface area contributed by atoms with Gasteiger partial charge in [-0.1, -0.05) is 56.0 Å². The number of rotatable bonds is 3. The van der Waals surface area contributed by atoms with Crippen LogP contribution in [0.5, 0.6) is 0 Å². The molecule has 1 aliphatic rings. The molecule has 17 heavy (non-hydrogen) atoms. The molecule has 0 radical (unpaired) electrons. The second-order valence-corrected chi connectivity index (χ2v) is 5.64. The van der Waals surface area contributed by atoms with Crippen LogP contribution in [-0.4, -0.2) is 0 Å². The Kier molecular flexibility index (Phi) is 4.22. The van der Waals surface area contributed by atoms with Crippen LogP contribution in [0.1, 0.15) is 56.2 Å². The van der Waals surface area contributed by atoms with Crippen LogP contribution in [-0.2, 0) is 0 Å². The van der Waals surface area contributed by atoms with Gasteiger partial charge in [0.1, 0.15) is 0 Å². The van der Waals surface area contributed by atoms with Crippen molar-refractivity contribution in [1.29, 1.82) is 0 Å². The van der Waals surface area contributed by atoms with E-state index in [0.29, 0.717) is 5.92 Å². The summed E-state index contributed by atoms with van der Waals surface area (Å²) in [6, 6.07) is 8.95. The van der Waals surface area contributed by atoms with Gasteiger partial charge in [-0.2, -0.15) is 0 Å². The van der Waals surface area contributed by atoms with Crippen LogP contribution in [0.3, 0.4) is 0 Å². The molecule has 1 aromatic rings. The van der Waals surface area contributed by atoms with Gasteiger partial charge >= 0.3 is 0 Å². The summed E-state index contributed by atoms with van der Waals surface area (Å²) in [5.41, 5.74) is 9.10. The lowest BCUT2D eigenvalue weighted by molar-refractivity contribution is 0.230. The minimum atomic E-state index is 0.240. The highest BCUT2D eigenvalue weighted by molar-refractivity contribution is 5.25. The second kappa shape index (κ2) is 5.68. The molecule has 0 bridgehead atoms. The van der Waals surface area contributed by atoms with E-state index in [0.717, 1.165) is 5.92 Å². The van der Waals surface area contributed by atoms with Gasteiger partial charge in [-0.05, 0) is 37.2 Å². The summed E-state index contributed by atoms with van der Waals surface area (Å²) in [6.07, 6.45) is 6.73. The highest BCUT2D eigenvalue weighted by Gasteiger charge is 2.26. The molecule has 1 aliphatic carbocycles. The lowest BCUT2D eigenvalue weighted by Crippen LogP contribution is -2.26. The molecule has 2 N–H and O–H groups in total. The lowest BCUT2D eigenvalue weighted by Gasteiger charge is -2.32. The summed E-state index contributed by atoms with van der Waals surface area (Å²) in [5.74, 6) is 1.60. The van der Waals surface area contributed by atoms with Gasteiger partial charge in [-0.3, -0.25) is 0 Å². The second-order valence-electron chi connectivity index (χ2n) is 5.64. The van der Waals surface area contributed by atoms with Crippen LogP contribution in [0.15, 0.2) is 24.3 Å². The van der Waals surface area contributed by atoms with Crippen molar-refractivity contribution in [2.45, 2.75) is 52.0 Å². The fourth-order valence-corrected chi connectivity index (χ4v) is 3.18. The number of nitrogens with two attached hydrogens (primary N) is 1. The van der Waals surface area contributed by atoms with Crippen molar-refractivity contribution in [3.8, 4) is 0 Å². The molecule has 94 valence electrons. The third-order valence-corrected chi connectivity index (χ3v) is 4.34. The molecule has 0 heterocycles. The average Bonchev–Trinajstić information content (AvgIpc) is 2.38. The largest absolute Gasteiger partial charge is 0.324 e. The van der Waals surface area contributed by atoms with E-state index in [2.05, 4.69) is 38.1 Å². The first-order valence-corrected chi connectivity index (χ1v) is 7.03. The molecule has 0 saturated heterocycles. The summed E-state index contributed by atoms with van der Waals surface area (Å²) >= 11 is 0. The first-order chi connectivity index (χ1) is 8.20. The van der Waals surface area contributed by atoms with Crippen molar-refractivity contribution in [3.63, 3.8) is 0 Å². The molecule has 1 aromatic carbocycles. The Balaban J connectivity index is 2.06. The summed E-state index contributed by atoms with van der Waals surface area (Å²) < 4.78 is 0. The van der Waals surface area contributed by atoms with Crippen LogP contribution in [0, 0.1) is 18.8 Å². The Morgan fingerprint density at radius 2 is 2.18 bits per heavy atom. The Hall–Kier alpha value is -0.820. The highest BCUT2D eigenvalue weighted by Crippen LogP contribution is 2.37. The first kappa shape index (κ1) is 12.6. The Morgan fingerprint density at radius 1 is 1.35 bits per heavy atom. The molecule has 0 aliphatic heterocycles. The number of hydrogen-bond donors (Lipinski definition) is 1. The third-order valence-electron chi connectivity index (χ3n) is 4.34. The third kappa shape index (κ3) is 3.10. The van der Waals surface area contributed by atoms with Crippen molar-refractivity contribution in [3.05, 3.63) is 35.4 Å². The highest BCUT2D eigenvalue weighted by atomic mass is 14.7. The maximum absolute atomic E-state index is 6.46. The van der Waals surface area contributed by atoms with Gasteiger partial charge in [0.15, 0.2) is 0 Å². The number of aryl methyl sites for hydroxylation is 1. The van der Waals surface area contributed by atoms with Gasteiger partial charge in [0.25, 0.3) is 0 Å². The zero-order chi connectivity index (χ0) is 12.3. The van der Waals surface area contributed by atoms with Crippen LogP contribution in [0.2, 0.25) is 0 Å². The van der Waals surface area contributed by atoms with Crippen molar-refractivity contribution in [1.82, 2.24) is 0 Å². The minimum Gasteiger partial charge on any atom is -0.324 e. The van der Waals surface area contributed by atoms with Crippen molar-refractivity contribution >= 4 is 0 Å². The monoisotopic (exact) mass is 231 g/mol. The van der Waals surface area contributed by atoms with Gasteiger partial charge in [0, 0.05) is 6.04 Å². The summed E-state index contributed by atoms with van der Waals surface area (Å²) in [4.78, 5) is 0. The van der Waals surface area contributed by atoms with Crippen LogP contribution in [0.4, 0.5) is 0 Å². The van der Waals surface area contributed by atoms with Gasteiger partial charge in [0.05, 0.1) is 0 Å². The van der Waals surface area contributed by atoms with E-state index in [4.69, 9.17) is 5.73 Å². The maximum atomic E-state index is 6.46. The van der Waals surface area contributed by atoms with E-state index in [-0.39, 0.29) is 6.04 Å². The smallest absolute Gasteiger partial charge is 0.0323 e. The van der Waals surface area contributed by atoms with Crippen molar-refractivity contribution in [2.75, 3.05) is 0 Å².